The Morgan fingerprint density at radius 3 is 2.67 bits per heavy atom. The molecule has 30 heavy (non-hydrogen) atoms. The predicted molar refractivity (Wildman–Crippen MR) is 116 cm³/mol. The number of carbonyl (C=O) groups excluding carboxylic acids is 3. The lowest BCUT2D eigenvalue weighted by Gasteiger charge is -2.04. The molecule has 3 amide bonds. The number of urea groups is 1. The highest BCUT2D eigenvalue weighted by Crippen LogP contribution is 2.23. The number of imide groups is 1. The summed E-state index contributed by atoms with van der Waals surface area (Å²) in [6.45, 7) is 1.37. The monoisotopic (exact) mass is 497 g/mol. The van der Waals surface area contributed by atoms with E-state index < -0.39 is 30.0 Å². The summed E-state index contributed by atoms with van der Waals surface area (Å²) in [7, 11) is 2.87. The van der Waals surface area contributed by atoms with Crippen LogP contribution in [0.2, 0.25) is 0 Å². The van der Waals surface area contributed by atoms with E-state index in [0.717, 1.165) is 26.5 Å². The van der Waals surface area contributed by atoms with Gasteiger partial charge in [0.15, 0.2) is 0 Å². The number of benzene rings is 1. The number of halogens is 1. The Kier molecular flexibility index (Phi) is 8.36. The van der Waals surface area contributed by atoms with Crippen LogP contribution in [0.5, 0.6) is 5.75 Å². The number of amides is 3. The summed E-state index contributed by atoms with van der Waals surface area (Å²) in [5.74, 6) is -0.809. The van der Waals surface area contributed by atoms with Gasteiger partial charge in [-0.25, -0.2) is 9.59 Å². The van der Waals surface area contributed by atoms with Crippen LogP contribution in [0, 0.1) is 0 Å². The van der Waals surface area contributed by atoms with Crippen LogP contribution in [0.25, 0.3) is 12.2 Å². The number of ether oxygens (including phenoxy) is 2. The number of esters is 1. The van der Waals surface area contributed by atoms with Gasteiger partial charge in [-0.2, -0.15) is 0 Å². The lowest BCUT2D eigenvalue weighted by atomic mass is 10.2. The molecular weight excluding hydrogens is 478 g/mol. The fourth-order valence-corrected chi connectivity index (χ4v) is 3.81. The van der Waals surface area contributed by atoms with Gasteiger partial charge in [-0.3, -0.25) is 19.5 Å². The molecule has 0 radical (unpaired) electrons. The first-order valence-electron chi connectivity index (χ1n) is 8.74. The highest BCUT2D eigenvalue weighted by Gasteiger charge is 2.13. The Morgan fingerprint density at radius 1 is 1.30 bits per heavy atom. The molecule has 9 nitrogen and oxygen atoms in total. The predicted octanol–water partition coefficient (Wildman–Crippen LogP) is 0.309. The molecule has 0 aliphatic heterocycles. The first kappa shape index (κ1) is 23.4. The number of aromatic nitrogens is 1. The summed E-state index contributed by atoms with van der Waals surface area (Å²) in [6, 6.07) is 4.61. The molecule has 0 aliphatic rings. The van der Waals surface area contributed by atoms with Gasteiger partial charge in [0.25, 0.3) is 5.56 Å². The minimum Gasteiger partial charge on any atom is -0.496 e. The third kappa shape index (κ3) is 6.04. The Hall–Kier alpha value is -2.92. The van der Waals surface area contributed by atoms with E-state index in [9.17, 15) is 19.2 Å². The maximum Gasteiger partial charge on any atom is 0.333 e. The summed E-state index contributed by atoms with van der Waals surface area (Å²) >= 11 is 4.39. The molecule has 0 saturated carbocycles. The van der Waals surface area contributed by atoms with Gasteiger partial charge in [0, 0.05) is 17.1 Å². The van der Waals surface area contributed by atoms with E-state index >= 15 is 0 Å². The van der Waals surface area contributed by atoms with Crippen molar-refractivity contribution >= 4 is 57.3 Å². The number of thiazole rings is 1. The third-order valence-corrected chi connectivity index (χ3v) is 5.28. The zero-order valence-electron chi connectivity index (χ0n) is 16.5. The number of methoxy groups -OCH3 is 1. The molecule has 2 rings (SSSR count). The summed E-state index contributed by atoms with van der Waals surface area (Å²) < 4.78 is 12.6. The lowest BCUT2D eigenvalue weighted by Crippen LogP contribution is -2.43. The van der Waals surface area contributed by atoms with Crippen molar-refractivity contribution < 1.29 is 23.9 Å². The number of carbonyl (C=O) groups is 3. The van der Waals surface area contributed by atoms with Crippen molar-refractivity contribution in [1.29, 1.82) is 0 Å². The van der Waals surface area contributed by atoms with Crippen LogP contribution < -0.4 is 30.1 Å². The molecule has 0 aliphatic carbocycles. The van der Waals surface area contributed by atoms with Crippen LogP contribution in [0.1, 0.15) is 12.5 Å². The fraction of sp³-hybridized carbons (Fsp3) is 0.263. The first-order chi connectivity index (χ1) is 14.3. The van der Waals surface area contributed by atoms with Gasteiger partial charge in [-0.1, -0.05) is 15.9 Å². The quantitative estimate of drug-likeness (QED) is 0.554. The molecule has 1 heterocycles. The SMILES string of the molecule is CCOC(=O)/C=c1\s/c(=C/c2cc(Br)ccc2OC)c(=O)n1CC(=O)NC(=O)NC. The number of nitrogens with one attached hydrogen (secondary N) is 2. The van der Waals surface area contributed by atoms with Gasteiger partial charge in [0.05, 0.1) is 24.3 Å². The summed E-state index contributed by atoms with van der Waals surface area (Å²) in [5.41, 5.74) is 0.138. The van der Waals surface area contributed by atoms with Crippen LogP contribution in [0.3, 0.4) is 0 Å². The number of hydrogen-bond acceptors (Lipinski definition) is 7. The summed E-state index contributed by atoms with van der Waals surface area (Å²) in [6.07, 6.45) is 2.74. The molecule has 11 heteroatoms. The van der Waals surface area contributed by atoms with Crippen molar-refractivity contribution in [3.8, 4) is 5.75 Å². The molecule has 1 aromatic heterocycles. The molecule has 0 saturated heterocycles. The van der Waals surface area contributed by atoms with Gasteiger partial charge in [-0.15, -0.1) is 11.3 Å². The molecule has 1 aromatic carbocycles. The van der Waals surface area contributed by atoms with Gasteiger partial charge in [0.1, 0.15) is 17.0 Å². The van der Waals surface area contributed by atoms with E-state index in [4.69, 9.17) is 9.47 Å². The van der Waals surface area contributed by atoms with Gasteiger partial charge >= 0.3 is 12.0 Å². The molecule has 0 unspecified atom stereocenters. The average Bonchev–Trinajstić information content (AvgIpc) is 2.96. The largest absolute Gasteiger partial charge is 0.496 e. The second kappa shape index (κ2) is 10.7. The Labute approximate surface area is 184 Å². The van der Waals surface area contributed by atoms with E-state index in [0.29, 0.717) is 11.3 Å². The molecule has 160 valence electrons. The lowest BCUT2D eigenvalue weighted by molar-refractivity contribution is -0.135. The van der Waals surface area contributed by atoms with Crippen molar-refractivity contribution in [2.75, 3.05) is 20.8 Å². The molecule has 0 bridgehead atoms. The average molecular weight is 498 g/mol. The number of rotatable bonds is 6. The third-order valence-electron chi connectivity index (χ3n) is 3.72. The minimum absolute atomic E-state index is 0.163. The van der Waals surface area contributed by atoms with E-state index in [-0.39, 0.29) is 15.8 Å². The van der Waals surface area contributed by atoms with Gasteiger partial charge in [0.2, 0.25) is 5.91 Å². The van der Waals surface area contributed by atoms with Crippen LogP contribution in [-0.4, -0.2) is 43.2 Å². The first-order valence-corrected chi connectivity index (χ1v) is 10.3. The second-order valence-corrected chi connectivity index (χ2v) is 7.73. The summed E-state index contributed by atoms with van der Waals surface area (Å²) in [4.78, 5) is 48.3. The second-order valence-electron chi connectivity index (χ2n) is 5.75. The van der Waals surface area contributed by atoms with E-state index in [1.54, 1.807) is 31.2 Å². The normalized spacial score (nSPS) is 11.9. The van der Waals surface area contributed by atoms with Crippen molar-refractivity contribution in [3.63, 3.8) is 0 Å². The van der Waals surface area contributed by atoms with Crippen LogP contribution in [0.4, 0.5) is 4.79 Å². The van der Waals surface area contributed by atoms with E-state index in [1.165, 1.54) is 14.2 Å². The zero-order valence-corrected chi connectivity index (χ0v) is 18.9. The zero-order chi connectivity index (χ0) is 22.3. The molecule has 2 N–H and O–H groups in total. The van der Waals surface area contributed by atoms with Crippen molar-refractivity contribution in [2.24, 2.45) is 0 Å². The standard InChI is InChI=1S/C19H20BrN3O6S/c1-4-29-17(25)9-16-23(10-15(24)22-19(27)21-2)18(26)14(30-16)8-11-7-12(20)5-6-13(11)28-3/h5-9H,4,10H2,1-3H3,(H2,21,22,24,27)/b14-8+,16-9-. The summed E-state index contributed by atoms with van der Waals surface area (Å²) in [5, 5.41) is 4.34. The molecule has 0 atom stereocenters. The van der Waals surface area contributed by atoms with Crippen LogP contribution in [-0.2, 0) is 20.9 Å². The van der Waals surface area contributed by atoms with Gasteiger partial charge in [-0.05, 0) is 31.2 Å². The maximum absolute atomic E-state index is 12.9. The Balaban J connectivity index is 2.61. The fourth-order valence-electron chi connectivity index (χ4n) is 2.41. The molecule has 0 fully saturated rings. The highest BCUT2D eigenvalue weighted by molar-refractivity contribution is 9.10. The Morgan fingerprint density at radius 2 is 2.03 bits per heavy atom. The topological polar surface area (TPSA) is 116 Å². The number of hydrogen-bond donors (Lipinski definition) is 2. The van der Waals surface area contributed by atoms with Crippen LogP contribution in [0.15, 0.2) is 27.5 Å². The van der Waals surface area contributed by atoms with Crippen molar-refractivity contribution in [3.05, 3.63) is 47.8 Å². The smallest absolute Gasteiger partial charge is 0.333 e. The molecule has 0 spiro atoms. The highest BCUT2D eigenvalue weighted by atomic mass is 79.9. The minimum atomic E-state index is -0.709. The van der Waals surface area contributed by atoms with E-state index in [2.05, 4.69) is 26.6 Å². The van der Waals surface area contributed by atoms with E-state index in [1.807, 2.05) is 0 Å². The molecular formula is C19H20BrN3O6S. The van der Waals surface area contributed by atoms with Crippen molar-refractivity contribution in [2.45, 2.75) is 13.5 Å². The van der Waals surface area contributed by atoms with Gasteiger partial charge < -0.3 is 14.8 Å². The number of nitrogens with zero attached hydrogens (tertiary/aromatic N) is 1. The Bertz CT molecular complexity index is 1140. The molecule has 2 aromatic rings. The maximum atomic E-state index is 12.9. The van der Waals surface area contributed by atoms with Crippen molar-refractivity contribution in [1.82, 2.24) is 15.2 Å². The van der Waals surface area contributed by atoms with Crippen LogP contribution >= 0.6 is 27.3 Å².